The molecule has 0 spiro atoms. The molecule has 0 fully saturated rings. The molecule has 0 saturated heterocycles. The Kier molecular flexibility index (Phi) is 5.17. The van der Waals surface area contributed by atoms with Crippen LogP contribution in [0.5, 0.6) is 5.75 Å². The van der Waals surface area contributed by atoms with Crippen molar-refractivity contribution in [1.82, 2.24) is 4.72 Å². The van der Waals surface area contributed by atoms with Gasteiger partial charge in [-0.3, -0.25) is 0 Å². The van der Waals surface area contributed by atoms with Crippen molar-refractivity contribution in [3.8, 4) is 5.75 Å². The van der Waals surface area contributed by atoms with Gasteiger partial charge >= 0.3 is 0 Å². The van der Waals surface area contributed by atoms with E-state index >= 15 is 0 Å². The van der Waals surface area contributed by atoms with Crippen molar-refractivity contribution in [3.05, 3.63) is 36.4 Å². The van der Waals surface area contributed by atoms with Crippen LogP contribution in [0.4, 0.5) is 0 Å². The summed E-state index contributed by atoms with van der Waals surface area (Å²) in [5.41, 5.74) is 0. The van der Waals surface area contributed by atoms with Crippen LogP contribution in [0.15, 0.2) is 41.3 Å². The van der Waals surface area contributed by atoms with E-state index in [9.17, 15) is 8.42 Å². The predicted octanol–water partition coefficient (Wildman–Crippen LogP) is 1.90. The van der Waals surface area contributed by atoms with Gasteiger partial charge in [0, 0.05) is 17.3 Å². The second-order valence-electron chi connectivity index (χ2n) is 4.58. The van der Waals surface area contributed by atoms with Gasteiger partial charge in [-0.15, -0.1) is 0 Å². The Labute approximate surface area is 124 Å². The number of ether oxygens (including phenoxy) is 1. The smallest absolute Gasteiger partial charge is 0.241 e. The predicted molar refractivity (Wildman–Crippen MR) is 82.0 cm³/mol. The van der Waals surface area contributed by atoms with Crippen LogP contribution >= 0.6 is 0 Å². The van der Waals surface area contributed by atoms with Gasteiger partial charge in [-0.1, -0.05) is 31.2 Å². The first-order valence-electron chi connectivity index (χ1n) is 6.85. The number of aliphatic hydroxyl groups is 1. The van der Waals surface area contributed by atoms with Crippen LogP contribution in [0.2, 0.25) is 0 Å². The lowest BCUT2D eigenvalue weighted by Gasteiger charge is -2.13. The first-order valence-corrected chi connectivity index (χ1v) is 8.33. The Bertz CT molecular complexity index is 713. The van der Waals surface area contributed by atoms with Gasteiger partial charge in [0.15, 0.2) is 0 Å². The summed E-state index contributed by atoms with van der Waals surface area (Å²) in [4.78, 5) is 0.190. The average molecular weight is 309 g/mol. The molecule has 21 heavy (non-hydrogen) atoms. The summed E-state index contributed by atoms with van der Waals surface area (Å²) in [6.07, 6.45) is 0.881. The lowest BCUT2D eigenvalue weighted by atomic mass is 10.1. The molecule has 6 heteroatoms. The molecule has 0 aliphatic heterocycles. The second kappa shape index (κ2) is 6.89. The van der Waals surface area contributed by atoms with E-state index in [4.69, 9.17) is 9.84 Å². The van der Waals surface area contributed by atoms with E-state index in [0.717, 1.165) is 11.8 Å². The van der Waals surface area contributed by atoms with Gasteiger partial charge in [-0.25, -0.2) is 13.1 Å². The van der Waals surface area contributed by atoms with Crippen LogP contribution < -0.4 is 9.46 Å². The number of sulfonamides is 1. The van der Waals surface area contributed by atoms with Crippen molar-refractivity contribution in [3.63, 3.8) is 0 Å². The molecular formula is C15H19NO4S. The van der Waals surface area contributed by atoms with Gasteiger partial charge in [0.25, 0.3) is 0 Å². The first-order chi connectivity index (χ1) is 10.1. The van der Waals surface area contributed by atoms with Gasteiger partial charge in [0.1, 0.15) is 5.75 Å². The molecule has 0 aromatic heterocycles. The Morgan fingerprint density at radius 3 is 2.52 bits per heavy atom. The molecule has 0 saturated carbocycles. The van der Waals surface area contributed by atoms with Gasteiger partial charge in [0.05, 0.1) is 18.1 Å². The van der Waals surface area contributed by atoms with E-state index in [2.05, 4.69) is 4.72 Å². The van der Waals surface area contributed by atoms with E-state index in [0.29, 0.717) is 17.7 Å². The minimum Gasteiger partial charge on any atom is -0.493 e. The van der Waals surface area contributed by atoms with Gasteiger partial charge in [0.2, 0.25) is 10.0 Å². The number of aliphatic hydroxyl groups excluding tert-OH is 1. The standard InChI is InChI=1S/C15H19NO4S/c1-2-11-20-14-7-8-15(21(18,19)16-9-10-17)13-6-4-3-5-12(13)14/h3-8,16-17H,2,9-11H2,1H3. The molecular weight excluding hydrogens is 290 g/mol. The summed E-state index contributed by atoms with van der Waals surface area (Å²) in [7, 11) is -3.65. The van der Waals surface area contributed by atoms with E-state index in [1.165, 1.54) is 6.07 Å². The number of fused-ring (bicyclic) bond motifs is 1. The highest BCUT2D eigenvalue weighted by Crippen LogP contribution is 2.31. The number of nitrogens with one attached hydrogen (secondary N) is 1. The molecule has 0 atom stereocenters. The fourth-order valence-corrected chi connectivity index (χ4v) is 3.30. The zero-order valence-corrected chi connectivity index (χ0v) is 12.7. The Hall–Kier alpha value is -1.63. The van der Waals surface area contributed by atoms with Crippen LogP contribution in [0.25, 0.3) is 10.8 Å². The molecule has 114 valence electrons. The van der Waals surface area contributed by atoms with Crippen molar-refractivity contribution in [2.24, 2.45) is 0 Å². The van der Waals surface area contributed by atoms with Gasteiger partial charge < -0.3 is 9.84 Å². The third-order valence-corrected chi connectivity index (χ3v) is 4.52. The SMILES string of the molecule is CCCOc1ccc(S(=O)(=O)NCCO)c2ccccc12. The minimum atomic E-state index is -3.65. The fraction of sp³-hybridized carbons (Fsp3) is 0.333. The summed E-state index contributed by atoms with van der Waals surface area (Å²) < 4.78 is 32.6. The van der Waals surface area contributed by atoms with Crippen molar-refractivity contribution in [2.45, 2.75) is 18.2 Å². The van der Waals surface area contributed by atoms with Crippen LogP contribution in [0.3, 0.4) is 0 Å². The molecule has 0 amide bonds. The summed E-state index contributed by atoms with van der Waals surface area (Å²) in [6, 6.07) is 10.4. The quantitative estimate of drug-likeness (QED) is 0.819. The van der Waals surface area contributed by atoms with E-state index in [-0.39, 0.29) is 18.0 Å². The Balaban J connectivity index is 2.52. The van der Waals surface area contributed by atoms with E-state index in [1.807, 2.05) is 19.1 Å². The third-order valence-electron chi connectivity index (χ3n) is 3.00. The van der Waals surface area contributed by atoms with Crippen molar-refractivity contribution < 1.29 is 18.3 Å². The molecule has 2 rings (SSSR count). The van der Waals surface area contributed by atoms with Crippen molar-refractivity contribution >= 4 is 20.8 Å². The number of rotatable bonds is 7. The van der Waals surface area contributed by atoms with Crippen LogP contribution in [-0.4, -0.2) is 33.3 Å². The van der Waals surface area contributed by atoms with Gasteiger partial charge in [-0.2, -0.15) is 0 Å². The maximum Gasteiger partial charge on any atom is 0.241 e. The molecule has 0 unspecified atom stereocenters. The second-order valence-corrected chi connectivity index (χ2v) is 6.31. The third kappa shape index (κ3) is 3.53. The molecule has 2 aromatic rings. The highest BCUT2D eigenvalue weighted by atomic mass is 32.2. The Morgan fingerprint density at radius 2 is 1.86 bits per heavy atom. The topological polar surface area (TPSA) is 75.6 Å². The zero-order valence-electron chi connectivity index (χ0n) is 11.9. The molecule has 0 aliphatic carbocycles. The minimum absolute atomic E-state index is 0.00918. The summed E-state index contributed by atoms with van der Waals surface area (Å²) >= 11 is 0. The summed E-state index contributed by atoms with van der Waals surface area (Å²) in [6.45, 7) is 2.35. The molecule has 5 nitrogen and oxygen atoms in total. The number of hydrogen-bond donors (Lipinski definition) is 2. The van der Waals surface area contributed by atoms with Crippen LogP contribution in [0, 0.1) is 0 Å². The molecule has 2 N–H and O–H groups in total. The zero-order chi connectivity index (χ0) is 15.3. The lowest BCUT2D eigenvalue weighted by Crippen LogP contribution is -2.26. The molecule has 0 heterocycles. The maximum absolute atomic E-state index is 12.3. The molecule has 2 aromatic carbocycles. The lowest BCUT2D eigenvalue weighted by molar-refractivity contribution is 0.301. The summed E-state index contributed by atoms with van der Waals surface area (Å²) in [5, 5.41) is 10.2. The number of hydrogen-bond acceptors (Lipinski definition) is 4. The Morgan fingerprint density at radius 1 is 1.14 bits per heavy atom. The van der Waals surface area contributed by atoms with Crippen molar-refractivity contribution in [1.29, 1.82) is 0 Å². The fourth-order valence-electron chi connectivity index (χ4n) is 2.07. The monoisotopic (exact) mass is 309 g/mol. The average Bonchev–Trinajstić information content (AvgIpc) is 2.50. The van der Waals surface area contributed by atoms with Crippen molar-refractivity contribution in [2.75, 3.05) is 19.8 Å². The van der Waals surface area contributed by atoms with Crippen LogP contribution in [0.1, 0.15) is 13.3 Å². The highest BCUT2D eigenvalue weighted by molar-refractivity contribution is 7.89. The molecule has 0 aliphatic rings. The van der Waals surface area contributed by atoms with Crippen LogP contribution in [-0.2, 0) is 10.0 Å². The summed E-state index contributed by atoms with van der Waals surface area (Å²) in [5.74, 6) is 0.675. The maximum atomic E-state index is 12.3. The normalized spacial score (nSPS) is 11.7. The molecule has 0 bridgehead atoms. The molecule has 0 radical (unpaired) electrons. The number of benzene rings is 2. The largest absolute Gasteiger partial charge is 0.493 e. The van der Waals surface area contributed by atoms with E-state index < -0.39 is 10.0 Å². The van der Waals surface area contributed by atoms with E-state index in [1.54, 1.807) is 18.2 Å². The first kappa shape index (κ1) is 15.8. The highest BCUT2D eigenvalue weighted by Gasteiger charge is 2.18. The van der Waals surface area contributed by atoms with Gasteiger partial charge in [-0.05, 0) is 18.6 Å².